The number of hydrogen-bond acceptors (Lipinski definition) is 4. The molecular weight excluding hydrogens is 385 g/mol. The van der Waals surface area contributed by atoms with Crippen LogP contribution in [0.5, 0.6) is 0 Å². The van der Waals surface area contributed by atoms with Crippen molar-refractivity contribution in [1.29, 1.82) is 0 Å². The number of alkyl halides is 3. The summed E-state index contributed by atoms with van der Waals surface area (Å²) in [5.41, 5.74) is -0.0564. The van der Waals surface area contributed by atoms with Gasteiger partial charge in [0.25, 0.3) is 0 Å². The molecule has 1 atom stereocenters. The lowest BCUT2D eigenvalue weighted by Gasteiger charge is -2.15. The van der Waals surface area contributed by atoms with Crippen LogP contribution in [0, 0.1) is 0 Å². The minimum atomic E-state index is -4.53. The molecule has 0 saturated heterocycles. The van der Waals surface area contributed by atoms with Crippen LogP contribution in [0.2, 0.25) is 0 Å². The lowest BCUT2D eigenvalue weighted by Crippen LogP contribution is -2.19. The highest BCUT2D eigenvalue weighted by molar-refractivity contribution is 9.10. The van der Waals surface area contributed by atoms with Gasteiger partial charge in [-0.25, -0.2) is 4.98 Å². The molecule has 0 spiro atoms. The lowest BCUT2D eigenvalue weighted by atomic mass is 10.2. The lowest BCUT2D eigenvalue weighted by molar-refractivity contribution is -0.141. The number of hydrogen-bond donors (Lipinski definition) is 2. The summed E-state index contributed by atoms with van der Waals surface area (Å²) < 4.78 is 40.0. The molecular formula is C16H18BrF3N4. The van der Waals surface area contributed by atoms with E-state index >= 15 is 0 Å². The smallest absolute Gasteiger partial charge is 0.366 e. The summed E-state index contributed by atoms with van der Waals surface area (Å²) in [7, 11) is 0. The van der Waals surface area contributed by atoms with Crippen molar-refractivity contribution in [1.82, 2.24) is 9.97 Å². The van der Waals surface area contributed by atoms with Crippen LogP contribution in [0.4, 0.5) is 24.9 Å². The molecule has 8 heteroatoms. The molecule has 0 amide bonds. The number of rotatable bonds is 6. The molecule has 0 fully saturated rings. The number of halogens is 4. The molecule has 0 saturated carbocycles. The maximum absolute atomic E-state index is 13.0. The van der Waals surface area contributed by atoms with Crippen molar-refractivity contribution >= 4 is 27.7 Å². The minimum absolute atomic E-state index is 0.0235. The van der Waals surface area contributed by atoms with Crippen LogP contribution in [-0.2, 0) is 12.7 Å². The first kappa shape index (κ1) is 18.5. The van der Waals surface area contributed by atoms with Gasteiger partial charge in [0.05, 0.1) is 0 Å². The minimum Gasteiger partial charge on any atom is -0.366 e. The number of aromatic nitrogens is 2. The highest BCUT2D eigenvalue weighted by atomic mass is 79.9. The third-order valence-electron chi connectivity index (χ3n) is 3.42. The largest absolute Gasteiger partial charge is 0.433 e. The van der Waals surface area contributed by atoms with Crippen molar-refractivity contribution in [3.05, 3.63) is 46.1 Å². The van der Waals surface area contributed by atoms with Gasteiger partial charge >= 0.3 is 6.18 Å². The maximum atomic E-state index is 13.0. The summed E-state index contributed by atoms with van der Waals surface area (Å²) in [6, 6.07) is 8.37. The van der Waals surface area contributed by atoms with Gasteiger partial charge in [-0.05, 0) is 25.0 Å². The van der Waals surface area contributed by atoms with Crippen LogP contribution >= 0.6 is 15.9 Å². The molecule has 1 aromatic carbocycles. The summed E-state index contributed by atoms with van der Waals surface area (Å²) >= 11 is 3.41. The number of anilines is 2. The number of nitrogens with zero attached hydrogens (tertiary/aromatic N) is 2. The topological polar surface area (TPSA) is 49.8 Å². The van der Waals surface area contributed by atoms with Crippen LogP contribution in [0.25, 0.3) is 0 Å². The molecule has 0 radical (unpaired) electrons. The Morgan fingerprint density at radius 1 is 1.21 bits per heavy atom. The van der Waals surface area contributed by atoms with Gasteiger partial charge in [-0.2, -0.15) is 18.2 Å². The molecule has 0 aliphatic heterocycles. The van der Waals surface area contributed by atoms with E-state index in [2.05, 4.69) is 36.5 Å². The molecule has 2 N–H and O–H groups in total. The zero-order chi connectivity index (χ0) is 17.7. The second kappa shape index (κ2) is 7.83. The van der Waals surface area contributed by atoms with E-state index in [1.165, 1.54) is 0 Å². The van der Waals surface area contributed by atoms with E-state index in [9.17, 15) is 13.2 Å². The Hall–Kier alpha value is -1.83. The van der Waals surface area contributed by atoms with E-state index in [0.29, 0.717) is 6.54 Å². The Labute approximate surface area is 147 Å². The van der Waals surface area contributed by atoms with Crippen molar-refractivity contribution < 1.29 is 13.2 Å². The van der Waals surface area contributed by atoms with Gasteiger partial charge in [0, 0.05) is 23.1 Å². The fraction of sp³-hybridized carbons (Fsp3) is 0.375. The first-order valence-corrected chi connectivity index (χ1v) is 8.29. The molecule has 0 aliphatic rings. The Kier molecular flexibility index (Phi) is 6.04. The quantitative estimate of drug-likeness (QED) is 0.707. The van der Waals surface area contributed by atoms with E-state index in [0.717, 1.165) is 22.5 Å². The Balaban J connectivity index is 2.24. The normalized spacial score (nSPS) is 12.8. The predicted molar refractivity (Wildman–Crippen MR) is 91.9 cm³/mol. The molecule has 1 heterocycles. The van der Waals surface area contributed by atoms with E-state index in [-0.39, 0.29) is 17.8 Å². The summed E-state index contributed by atoms with van der Waals surface area (Å²) in [6.07, 6.45) is -3.78. The molecule has 4 nitrogen and oxygen atoms in total. The van der Waals surface area contributed by atoms with Gasteiger partial charge in [0.15, 0.2) is 5.69 Å². The molecule has 2 rings (SSSR count). The van der Waals surface area contributed by atoms with Gasteiger partial charge in [0.1, 0.15) is 5.82 Å². The zero-order valence-electron chi connectivity index (χ0n) is 13.3. The van der Waals surface area contributed by atoms with Crippen molar-refractivity contribution in [2.75, 3.05) is 10.6 Å². The van der Waals surface area contributed by atoms with E-state index in [1.807, 2.05) is 38.1 Å². The number of benzene rings is 1. The summed E-state index contributed by atoms with van der Waals surface area (Å²) in [5.74, 6) is 0.0904. The predicted octanol–water partition coefficient (Wildman–Crippen LogP) is 5.08. The Morgan fingerprint density at radius 3 is 2.54 bits per heavy atom. The van der Waals surface area contributed by atoms with Crippen molar-refractivity contribution in [3.63, 3.8) is 0 Å². The molecule has 2 aromatic rings. The third kappa shape index (κ3) is 5.09. The van der Waals surface area contributed by atoms with Crippen molar-refractivity contribution in [2.24, 2.45) is 0 Å². The number of nitrogens with one attached hydrogen (secondary N) is 2. The maximum Gasteiger partial charge on any atom is 0.433 e. The third-order valence-corrected chi connectivity index (χ3v) is 4.20. The fourth-order valence-electron chi connectivity index (χ4n) is 1.90. The van der Waals surface area contributed by atoms with Crippen LogP contribution in [0.1, 0.15) is 31.5 Å². The highest BCUT2D eigenvalue weighted by Crippen LogP contribution is 2.30. The van der Waals surface area contributed by atoms with Gasteiger partial charge < -0.3 is 10.6 Å². The molecule has 130 valence electrons. The van der Waals surface area contributed by atoms with E-state index < -0.39 is 11.9 Å². The Morgan fingerprint density at radius 2 is 1.92 bits per heavy atom. The van der Waals surface area contributed by atoms with Crippen molar-refractivity contribution in [2.45, 2.75) is 39.0 Å². The standard InChI is InChI=1S/C16H18BrF3N4/c1-3-10(2)22-15-23-13(16(18,19)20)8-14(24-15)21-9-11-6-4-5-7-12(11)17/h4-8,10H,3,9H2,1-2H3,(H2,21,22,23,24)/t10-/m1/s1. The van der Waals surface area contributed by atoms with E-state index in [1.54, 1.807) is 0 Å². The molecule has 0 bridgehead atoms. The second-order valence-electron chi connectivity index (χ2n) is 5.36. The monoisotopic (exact) mass is 402 g/mol. The summed E-state index contributed by atoms with van der Waals surface area (Å²) in [4.78, 5) is 7.70. The fourth-order valence-corrected chi connectivity index (χ4v) is 2.32. The summed E-state index contributed by atoms with van der Waals surface area (Å²) in [6.45, 7) is 4.13. The van der Waals surface area contributed by atoms with Crippen molar-refractivity contribution in [3.8, 4) is 0 Å². The molecule has 1 aromatic heterocycles. The van der Waals surface area contributed by atoms with Crippen LogP contribution < -0.4 is 10.6 Å². The van der Waals surface area contributed by atoms with Gasteiger partial charge in [-0.15, -0.1) is 0 Å². The van der Waals surface area contributed by atoms with Gasteiger partial charge in [-0.1, -0.05) is 41.1 Å². The zero-order valence-corrected chi connectivity index (χ0v) is 14.9. The first-order valence-electron chi connectivity index (χ1n) is 7.49. The second-order valence-corrected chi connectivity index (χ2v) is 6.21. The SMILES string of the molecule is CC[C@@H](C)Nc1nc(NCc2ccccc2Br)cc(C(F)(F)F)n1. The average molecular weight is 403 g/mol. The molecule has 0 unspecified atom stereocenters. The van der Waals surface area contributed by atoms with Gasteiger partial charge in [0.2, 0.25) is 5.95 Å². The van der Waals surface area contributed by atoms with Crippen LogP contribution in [0.3, 0.4) is 0 Å². The van der Waals surface area contributed by atoms with Gasteiger partial charge in [-0.3, -0.25) is 0 Å². The molecule has 24 heavy (non-hydrogen) atoms. The van der Waals surface area contributed by atoms with Crippen LogP contribution in [0.15, 0.2) is 34.8 Å². The summed E-state index contributed by atoms with van der Waals surface area (Å²) in [5, 5.41) is 5.81. The van der Waals surface area contributed by atoms with E-state index in [4.69, 9.17) is 0 Å². The van der Waals surface area contributed by atoms with Crippen LogP contribution in [-0.4, -0.2) is 16.0 Å². The first-order chi connectivity index (χ1) is 11.3. The molecule has 0 aliphatic carbocycles. The average Bonchev–Trinajstić information content (AvgIpc) is 2.53. The Bertz CT molecular complexity index is 691. The highest BCUT2D eigenvalue weighted by Gasteiger charge is 2.33.